The number of rotatable bonds is 2. The van der Waals surface area contributed by atoms with Gasteiger partial charge in [0.1, 0.15) is 11.4 Å². The Labute approximate surface area is 82.9 Å². The largest absolute Gasteiger partial charge is 0.371 e. The van der Waals surface area contributed by atoms with Gasteiger partial charge in [0.25, 0.3) is 0 Å². The van der Waals surface area contributed by atoms with E-state index in [1.165, 1.54) is 0 Å². The molecule has 0 aromatic carbocycles. The molecule has 2 heterocycles. The van der Waals surface area contributed by atoms with E-state index >= 15 is 0 Å². The number of anilines is 1. The zero-order chi connectivity index (χ0) is 10.2. The molecule has 1 aliphatic rings. The quantitative estimate of drug-likeness (QED) is 0.729. The minimum atomic E-state index is -0.445. The first-order chi connectivity index (χ1) is 6.63. The number of fused-ring (bicyclic) bond motifs is 1. The highest BCUT2D eigenvalue weighted by Crippen LogP contribution is 2.23. The summed E-state index contributed by atoms with van der Waals surface area (Å²) >= 11 is 0. The van der Waals surface area contributed by atoms with Gasteiger partial charge in [0, 0.05) is 25.4 Å². The normalized spacial score (nSPS) is 15.1. The molecule has 0 saturated carbocycles. The minimum Gasteiger partial charge on any atom is -0.371 e. The monoisotopic (exact) mass is 194 g/mol. The van der Waals surface area contributed by atoms with Gasteiger partial charge in [0.05, 0.1) is 0 Å². The van der Waals surface area contributed by atoms with Crippen LogP contribution in [0.4, 0.5) is 5.82 Å². The van der Waals surface area contributed by atoms with E-state index in [1.54, 1.807) is 7.11 Å². The molecule has 1 aromatic heterocycles. The molecule has 0 saturated heterocycles. The van der Waals surface area contributed by atoms with Crippen molar-refractivity contribution in [3.8, 4) is 0 Å². The standard InChI is InChI=1S/C9H14N4O/c1-9(2,14-3)8-10-4-6-5-11-13-7(6)12-8/h4,11H,5H2,1-3H3,(H,10,12,13). The van der Waals surface area contributed by atoms with Crippen LogP contribution in [-0.4, -0.2) is 17.1 Å². The molecule has 5 nitrogen and oxygen atoms in total. The average Bonchev–Trinajstić information content (AvgIpc) is 2.64. The molecular weight excluding hydrogens is 180 g/mol. The highest BCUT2D eigenvalue weighted by Gasteiger charge is 2.25. The molecule has 2 N–H and O–H groups in total. The van der Waals surface area contributed by atoms with E-state index in [-0.39, 0.29) is 0 Å². The molecule has 1 aliphatic heterocycles. The number of hydrogen-bond acceptors (Lipinski definition) is 5. The number of ether oxygens (including phenoxy) is 1. The third-order valence-electron chi connectivity index (χ3n) is 2.40. The fourth-order valence-corrected chi connectivity index (χ4v) is 1.25. The molecule has 14 heavy (non-hydrogen) atoms. The van der Waals surface area contributed by atoms with Gasteiger partial charge in [-0.1, -0.05) is 0 Å². The van der Waals surface area contributed by atoms with Gasteiger partial charge in [0.2, 0.25) is 0 Å². The summed E-state index contributed by atoms with van der Waals surface area (Å²) in [4.78, 5) is 8.66. The van der Waals surface area contributed by atoms with Crippen molar-refractivity contribution in [3.63, 3.8) is 0 Å². The fraction of sp³-hybridized carbons (Fsp3) is 0.556. The summed E-state index contributed by atoms with van der Waals surface area (Å²) in [7, 11) is 1.66. The van der Waals surface area contributed by atoms with Crippen LogP contribution in [0.25, 0.3) is 0 Å². The molecule has 0 spiro atoms. The van der Waals surface area contributed by atoms with E-state index in [0.29, 0.717) is 5.82 Å². The molecule has 1 aromatic rings. The Morgan fingerprint density at radius 3 is 3.00 bits per heavy atom. The number of hydrogen-bond donors (Lipinski definition) is 2. The van der Waals surface area contributed by atoms with Gasteiger partial charge in [-0.2, -0.15) is 0 Å². The molecule has 0 aliphatic carbocycles. The van der Waals surface area contributed by atoms with Gasteiger partial charge in [-0.05, 0) is 13.8 Å². The van der Waals surface area contributed by atoms with Crippen molar-refractivity contribution < 1.29 is 4.74 Å². The van der Waals surface area contributed by atoms with Crippen LogP contribution in [0.3, 0.4) is 0 Å². The second-order valence-corrected chi connectivity index (χ2v) is 3.76. The van der Waals surface area contributed by atoms with E-state index in [1.807, 2.05) is 20.0 Å². The molecule has 5 heteroatoms. The summed E-state index contributed by atoms with van der Waals surface area (Å²) in [5.74, 6) is 1.54. The maximum Gasteiger partial charge on any atom is 0.162 e. The molecule has 0 radical (unpaired) electrons. The third kappa shape index (κ3) is 1.44. The summed E-state index contributed by atoms with van der Waals surface area (Å²) in [6.45, 7) is 4.65. The topological polar surface area (TPSA) is 59.1 Å². The lowest BCUT2D eigenvalue weighted by Gasteiger charge is -2.21. The van der Waals surface area contributed by atoms with Crippen molar-refractivity contribution in [1.29, 1.82) is 0 Å². The first-order valence-corrected chi connectivity index (χ1v) is 4.54. The summed E-state index contributed by atoms with van der Waals surface area (Å²) in [6.07, 6.45) is 1.82. The summed E-state index contributed by atoms with van der Waals surface area (Å²) in [5, 5.41) is 0. The maximum atomic E-state index is 5.31. The fourth-order valence-electron chi connectivity index (χ4n) is 1.25. The average molecular weight is 194 g/mol. The van der Waals surface area contributed by atoms with E-state index in [0.717, 1.165) is 17.9 Å². The van der Waals surface area contributed by atoms with Crippen LogP contribution in [0.2, 0.25) is 0 Å². The lowest BCUT2D eigenvalue weighted by molar-refractivity contribution is 0.0116. The van der Waals surface area contributed by atoms with Crippen LogP contribution in [-0.2, 0) is 16.9 Å². The molecule has 2 rings (SSSR count). The third-order valence-corrected chi connectivity index (χ3v) is 2.40. The van der Waals surface area contributed by atoms with Crippen LogP contribution in [0.15, 0.2) is 6.20 Å². The van der Waals surface area contributed by atoms with Crippen LogP contribution in [0.1, 0.15) is 25.2 Å². The van der Waals surface area contributed by atoms with Gasteiger partial charge in [-0.25, -0.2) is 15.4 Å². The van der Waals surface area contributed by atoms with E-state index in [4.69, 9.17) is 4.74 Å². The predicted molar refractivity (Wildman–Crippen MR) is 52.5 cm³/mol. The smallest absolute Gasteiger partial charge is 0.162 e. The van der Waals surface area contributed by atoms with Gasteiger partial charge in [0.15, 0.2) is 5.82 Å². The van der Waals surface area contributed by atoms with Gasteiger partial charge in [-0.3, -0.25) is 0 Å². The highest BCUT2D eigenvalue weighted by atomic mass is 16.5. The first-order valence-electron chi connectivity index (χ1n) is 4.54. The molecule has 0 amide bonds. The molecule has 0 unspecified atom stereocenters. The van der Waals surface area contributed by atoms with Crippen molar-refractivity contribution in [2.75, 3.05) is 12.5 Å². The molecule has 76 valence electrons. The van der Waals surface area contributed by atoms with Crippen LogP contribution < -0.4 is 10.9 Å². The number of nitrogens with one attached hydrogen (secondary N) is 2. The Bertz CT molecular complexity index is 351. The minimum absolute atomic E-state index is 0.445. The number of hydrazine groups is 1. The Morgan fingerprint density at radius 2 is 2.29 bits per heavy atom. The van der Waals surface area contributed by atoms with E-state index in [9.17, 15) is 0 Å². The summed E-state index contributed by atoms with van der Waals surface area (Å²) < 4.78 is 5.31. The number of aromatic nitrogens is 2. The van der Waals surface area contributed by atoms with Gasteiger partial charge < -0.3 is 10.2 Å². The predicted octanol–water partition coefficient (Wildman–Crippen LogP) is 0.788. The van der Waals surface area contributed by atoms with Crippen LogP contribution in [0, 0.1) is 0 Å². The summed E-state index contributed by atoms with van der Waals surface area (Å²) in [5.41, 5.74) is 6.61. The Balaban J connectivity index is 2.38. The lowest BCUT2D eigenvalue weighted by Crippen LogP contribution is -2.23. The van der Waals surface area contributed by atoms with Crippen molar-refractivity contribution in [2.24, 2.45) is 0 Å². The van der Waals surface area contributed by atoms with Crippen LogP contribution in [0.5, 0.6) is 0 Å². The van der Waals surface area contributed by atoms with Crippen molar-refractivity contribution in [3.05, 3.63) is 17.6 Å². The highest BCUT2D eigenvalue weighted by molar-refractivity contribution is 5.45. The van der Waals surface area contributed by atoms with E-state index < -0.39 is 5.60 Å². The second-order valence-electron chi connectivity index (χ2n) is 3.76. The molecule has 0 fully saturated rings. The first kappa shape index (κ1) is 9.36. The van der Waals surface area contributed by atoms with Gasteiger partial charge >= 0.3 is 0 Å². The lowest BCUT2D eigenvalue weighted by atomic mass is 10.1. The second kappa shape index (κ2) is 3.18. The van der Waals surface area contributed by atoms with Crippen molar-refractivity contribution in [1.82, 2.24) is 15.4 Å². The number of methoxy groups -OCH3 is 1. The Hall–Kier alpha value is -1.20. The van der Waals surface area contributed by atoms with Crippen LogP contribution >= 0.6 is 0 Å². The van der Waals surface area contributed by atoms with Crippen molar-refractivity contribution >= 4 is 5.82 Å². The molecular formula is C9H14N4O. The van der Waals surface area contributed by atoms with Crippen molar-refractivity contribution in [2.45, 2.75) is 26.0 Å². The van der Waals surface area contributed by atoms with E-state index in [2.05, 4.69) is 20.8 Å². The zero-order valence-corrected chi connectivity index (χ0v) is 8.59. The molecule has 0 atom stereocenters. The summed E-state index contributed by atoms with van der Waals surface area (Å²) in [6, 6.07) is 0. The number of nitrogens with zero attached hydrogens (tertiary/aromatic N) is 2. The maximum absolute atomic E-state index is 5.31. The Kier molecular flexibility index (Phi) is 2.13. The SMILES string of the molecule is COC(C)(C)c1ncc2c(n1)NNC2. The van der Waals surface area contributed by atoms with Gasteiger partial charge in [-0.15, -0.1) is 0 Å². The Morgan fingerprint density at radius 1 is 1.50 bits per heavy atom. The zero-order valence-electron chi connectivity index (χ0n) is 8.59. The molecule has 0 bridgehead atoms.